The molecule has 0 radical (unpaired) electrons. The van der Waals surface area contributed by atoms with Crippen molar-refractivity contribution in [3.05, 3.63) is 11.9 Å². The molecule has 0 aliphatic carbocycles. The highest BCUT2D eigenvalue weighted by Crippen LogP contribution is 2.21. The summed E-state index contributed by atoms with van der Waals surface area (Å²) in [5.41, 5.74) is 0. The number of nitrogens with one attached hydrogen (secondary N) is 3. The van der Waals surface area contributed by atoms with Gasteiger partial charge in [0.1, 0.15) is 11.6 Å². The summed E-state index contributed by atoms with van der Waals surface area (Å²) in [6.45, 7) is 8.26. The van der Waals surface area contributed by atoms with Gasteiger partial charge in [0.2, 0.25) is 5.95 Å². The Morgan fingerprint density at radius 2 is 2.04 bits per heavy atom. The molecule has 0 saturated carbocycles. The largest absolute Gasteiger partial charge is 0.378 e. The lowest BCUT2D eigenvalue weighted by Crippen LogP contribution is -2.37. The van der Waals surface area contributed by atoms with E-state index in [0.717, 1.165) is 50.7 Å². The first kappa shape index (κ1) is 18.8. The van der Waals surface area contributed by atoms with Crippen molar-refractivity contribution in [2.75, 3.05) is 54.9 Å². The second kappa shape index (κ2) is 9.11. The second-order valence-corrected chi connectivity index (χ2v) is 6.95. The number of tetrazole rings is 1. The van der Waals surface area contributed by atoms with Crippen LogP contribution in [-0.2, 0) is 17.8 Å². The van der Waals surface area contributed by atoms with Gasteiger partial charge in [-0.05, 0) is 38.1 Å². The van der Waals surface area contributed by atoms with Gasteiger partial charge in [0.05, 0.1) is 26.3 Å². The number of hydrogen-bond donors (Lipinski definition) is 3. The fraction of sp³-hybridized carbons (Fsp3) is 0.706. The summed E-state index contributed by atoms with van der Waals surface area (Å²) in [5, 5.41) is 22.5. The Kier molecular flexibility index (Phi) is 6.12. The van der Waals surface area contributed by atoms with Crippen molar-refractivity contribution in [3.63, 3.8) is 0 Å². The molecular weight excluding hydrogens is 360 g/mol. The lowest BCUT2D eigenvalue weighted by atomic mass is 10.1. The molecule has 0 aromatic carbocycles. The fourth-order valence-corrected chi connectivity index (χ4v) is 3.36. The molecule has 0 spiro atoms. The summed E-state index contributed by atoms with van der Waals surface area (Å²) in [5.74, 6) is 2.93. The van der Waals surface area contributed by atoms with Crippen LogP contribution in [0.1, 0.15) is 25.6 Å². The zero-order chi connectivity index (χ0) is 19.2. The van der Waals surface area contributed by atoms with E-state index in [1.807, 2.05) is 13.0 Å². The monoisotopic (exact) mass is 388 g/mol. The molecule has 2 aromatic heterocycles. The highest BCUT2D eigenvalue weighted by molar-refractivity contribution is 5.54. The Hall–Kier alpha value is -2.53. The molecule has 0 atom stereocenters. The van der Waals surface area contributed by atoms with Gasteiger partial charge in [-0.3, -0.25) is 0 Å². The van der Waals surface area contributed by atoms with Crippen LogP contribution in [0.3, 0.4) is 0 Å². The molecule has 152 valence electrons. The molecule has 2 aliphatic heterocycles. The molecule has 0 bridgehead atoms. The normalized spacial score (nSPS) is 18.2. The average Bonchev–Trinajstić information content (AvgIpc) is 3.22. The van der Waals surface area contributed by atoms with Crippen molar-refractivity contribution in [1.82, 2.24) is 35.5 Å². The Morgan fingerprint density at radius 1 is 1.21 bits per heavy atom. The molecule has 11 heteroatoms. The minimum atomic E-state index is 0.424. The Morgan fingerprint density at radius 3 is 2.79 bits per heavy atom. The molecule has 4 rings (SSSR count). The van der Waals surface area contributed by atoms with Crippen molar-refractivity contribution in [3.8, 4) is 0 Å². The van der Waals surface area contributed by atoms with Gasteiger partial charge < -0.3 is 25.6 Å². The van der Waals surface area contributed by atoms with Crippen LogP contribution in [0.15, 0.2) is 6.07 Å². The molecule has 2 saturated heterocycles. The van der Waals surface area contributed by atoms with E-state index in [2.05, 4.69) is 41.2 Å². The Bertz CT molecular complexity index is 754. The van der Waals surface area contributed by atoms with Crippen molar-refractivity contribution in [2.45, 2.75) is 38.9 Å². The SMILES string of the molecule is CCn1nnc(CNc2nc(NC3CCNCC3)cc(N3CCOCC3)n2)n1. The van der Waals surface area contributed by atoms with Gasteiger partial charge in [-0.15, -0.1) is 10.2 Å². The summed E-state index contributed by atoms with van der Waals surface area (Å²) >= 11 is 0. The Balaban J connectivity index is 1.50. The maximum atomic E-state index is 5.47. The van der Waals surface area contributed by atoms with Gasteiger partial charge in [0.15, 0.2) is 5.82 Å². The molecule has 2 aliphatic rings. The maximum absolute atomic E-state index is 5.47. The van der Waals surface area contributed by atoms with Crippen LogP contribution in [0.5, 0.6) is 0 Å². The zero-order valence-corrected chi connectivity index (χ0v) is 16.3. The first-order chi connectivity index (χ1) is 13.8. The molecule has 4 heterocycles. The van der Waals surface area contributed by atoms with Gasteiger partial charge in [-0.2, -0.15) is 14.8 Å². The van der Waals surface area contributed by atoms with Crippen LogP contribution < -0.4 is 20.9 Å². The van der Waals surface area contributed by atoms with Gasteiger partial charge in [0, 0.05) is 25.2 Å². The van der Waals surface area contributed by atoms with E-state index in [0.29, 0.717) is 44.1 Å². The standard InChI is InChI=1S/C17H28N10O/c1-2-27-24-15(23-25-27)12-19-17-21-14(20-13-3-5-18-6-4-13)11-16(22-17)26-7-9-28-10-8-26/h11,13,18H,2-10,12H2,1H3,(H2,19,20,21,22). The summed E-state index contributed by atoms with van der Waals surface area (Å²) in [4.78, 5) is 13.2. The number of rotatable bonds is 7. The third-order valence-electron chi connectivity index (χ3n) is 4.92. The van der Waals surface area contributed by atoms with Crippen LogP contribution in [0.2, 0.25) is 0 Å². The molecule has 11 nitrogen and oxygen atoms in total. The predicted molar refractivity (Wildman–Crippen MR) is 105 cm³/mol. The van der Waals surface area contributed by atoms with Crippen LogP contribution in [0.4, 0.5) is 17.6 Å². The topological polar surface area (TPSA) is 118 Å². The number of aromatic nitrogens is 6. The van der Waals surface area contributed by atoms with E-state index in [4.69, 9.17) is 9.72 Å². The van der Waals surface area contributed by atoms with E-state index in [9.17, 15) is 0 Å². The van der Waals surface area contributed by atoms with Gasteiger partial charge in [-0.1, -0.05) is 0 Å². The first-order valence-corrected chi connectivity index (χ1v) is 10.00. The van der Waals surface area contributed by atoms with E-state index in [1.165, 1.54) is 0 Å². The zero-order valence-electron chi connectivity index (χ0n) is 16.3. The number of ether oxygens (including phenoxy) is 1. The van der Waals surface area contributed by atoms with Crippen molar-refractivity contribution >= 4 is 17.6 Å². The highest BCUT2D eigenvalue weighted by Gasteiger charge is 2.18. The van der Waals surface area contributed by atoms with Gasteiger partial charge in [-0.25, -0.2) is 0 Å². The average molecular weight is 388 g/mol. The molecule has 2 fully saturated rings. The number of piperidine rings is 1. The fourth-order valence-electron chi connectivity index (χ4n) is 3.36. The number of hydrogen-bond acceptors (Lipinski definition) is 10. The maximum Gasteiger partial charge on any atom is 0.226 e. The van der Waals surface area contributed by atoms with E-state index in [-0.39, 0.29) is 0 Å². The van der Waals surface area contributed by atoms with Crippen molar-refractivity contribution in [1.29, 1.82) is 0 Å². The first-order valence-electron chi connectivity index (χ1n) is 10.00. The summed E-state index contributed by atoms with van der Waals surface area (Å²) in [6, 6.07) is 2.46. The van der Waals surface area contributed by atoms with Gasteiger partial charge >= 0.3 is 0 Å². The quantitative estimate of drug-likeness (QED) is 0.602. The third-order valence-corrected chi connectivity index (χ3v) is 4.92. The highest BCUT2D eigenvalue weighted by atomic mass is 16.5. The van der Waals surface area contributed by atoms with E-state index in [1.54, 1.807) is 4.80 Å². The summed E-state index contributed by atoms with van der Waals surface area (Å²) < 4.78 is 5.47. The molecular formula is C17H28N10O. The molecule has 2 aromatic rings. The molecule has 28 heavy (non-hydrogen) atoms. The number of anilines is 3. The van der Waals surface area contributed by atoms with Crippen molar-refractivity contribution in [2.24, 2.45) is 0 Å². The van der Waals surface area contributed by atoms with Gasteiger partial charge in [0.25, 0.3) is 0 Å². The predicted octanol–water partition coefficient (Wildman–Crippen LogP) is 0.0956. The number of aryl methyl sites for hydroxylation is 1. The summed E-state index contributed by atoms with van der Waals surface area (Å²) in [7, 11) is 0. The second-order valence-electron chi connectivity index (χ2n) is 6.95. The van der Waals surface area contributed by atoms with Crippen LogP contribution in [0, 0.1) is 0 Å². The Labute approximate surface area is 164 Å². The summed E-state index contributed by atoms with van der Waals surface area (Å²) in [6.07, 6.45) is 2.17. The van der Waals surface area contributed by atoms with E-state index < -0.39 is 0 Å². The van der Waals surface area contributed by atoms with Crippen molar-refractivity contribution < 1.29 is 4.74 Å². The lowest BCUT2D eigenvalue weighted by molar-refractivity contribution is 0.122. The minimum Gasteiger partial charge on any atom is -0.378 e. The minimum absolute atomic E-state index is 0.424. The van der Waals surface area contributed by atoms with Crippen LogP contribution in [0.25, 0.3) is 0 Å². The van der Waals surface area contributed by atoms with E-state index >= 15 is 0 Å². The molecule has 0 unspecified atom stereocenters. The molecule has 0 amide bonds. The number of nitrogens with zero attached hydrogens (tertiary/aromatic N) is 7. The lowest BCUT2D eigenvalue weighted by Gasteiger charge is -2.29. The molecule has 3 N–H and O–H groups in total. The third kappa shape index (κ3) is 4.84. The van der Waals surface area contributed by atoms with Crippen LogP contribution >= 0.6 is 0 Å². The number of morpholine rings is 1. The smallest absolute Gasteiger partial charge is 0.226 e. The van der Waals surface area contributed by atoms with Crippen LogP contribution in [-0.4, -0.2) is 75.6 Å².